The van der Waals surface area contributed by atoms with Crippen LogP contribution in [0.15, 0.2) is 63.5 Å². The number of aromatic nitrogens is 1. The van der Waals surface area contributed by atoms with Gasteiger partial charge in [-0.2, -0.15) is 0 Å². The highest BCUT2D eigenvalue weighted by Gasteiger charge is 2.35. The van der Waals surface area contributed by atoms with Crippen molar-refractivity contribution in [1.82, 2.24) is 4.57 Å². The zero-order chi connectivity index (χ0) is 26.4. The summed E-state index contributed by atoms with van der Waals surface area (Å²) in [5, 5.41) is 3.24. The van der Waals surface area contributed by atoms with Crippen LogP contribution in [0.2, 0.25) is 5.02 Å². The van der Waals surface area contributed by atoms with Crippen molar-refractivity contribution in [2.75, 3.05) is 11.9 Å². The number of nitrogens with one attached hydrogen (secondary N) is 1. The fraction of sp³-hybridized carbons (Fsp3) is 0.259. The molecule has 0 saturated heterocycles. The van der Waals surface area contributed by atoms with E-state index in [0.29, 0.717) is 44.7 Å². The van der Waals surface area contributed by atoms with Crippen LogP contribution in [0.3, 0.4) is 0 Å². The minimum Gasteiger partial charge on any atom is -0.494 e. The summed E-state index contributed by atoms with van der Waals surface area (Å²) in [4.78, 5) is 45.2. The van der Waals surface area contributed by atoms with Crippen LogP contribution in [0.25, 0.3) is 5.57 Å². The minimum atomic E-state index is -0.796. The van der Waals surface area contributed by atoms with E-state index in [2.05, 4.69) is 10.3 Å². The average Bonchev–Trinajstić information content (AvgIpc) is 3.33. The van der Waals surface area contributed by atoms with Crippen LogP contribution < -0.4 is 24.9 Å². The molecule has 0 saturated carbocycles. The number of thiazole rings is 1. The Kier molecular flexibility index (Phi) is 6.51. The van der Waals surface area contributed by atoms with Crippen molar-refractivity contribution >= 4 is 46.1 Å². The number of hydrogen-bond acceptors (Lipinski definition) is 7. The molecular formula is C27H24ClN3O5S. The van der Waals surface area contributed by atoms with Crippen LogP contribution in [0.1, 0.15) is 44.9 Å². The molecule has 0 spiro atoms. The van der Waals surface area contributed by atoms with Gasteiger partial charge in [-0.25, -0.2) is 9.79 Å². The Labute approximate surface area is 221 Å². The number of allylic oxidation sites excluding steroid dienone is 1. The molecule has 1 aromatic heterocycles. The van der Waals surface area contributed by atoms with Crippen LogP contribution in [0, 0.1) is 0 Å². The SMILES string of the molecule is CCOc1ccc([C@H]2C(C(=O)OC(C)C)=C(C)N=c3s/c(=C4/C(=O)Nc5ccc(Cl)cc54)c(=O)n32)cc1. The molecule has 0 fully saturated rings. The van der Waals surface area contributed by atoms with Gasteiger partial charge in [-0.15, -0.1) is 0 Å². The first-order valence-electron chi connectivity index (χ1n) is 11.8. The number of carbonyl (C=O) groups is 2. The lowest BCUT2D eigenvalue weighted by Gasteiger charge is -2.25. The second kappa shape index (κ2) is 9.64. The highest BCUT2D eigenvalue weighted by Crippen LogP contribution is 2.34. The number of nitrogens with zero attached hydrogens (tertiary/aromatic N) is 2. The number of benzene rings is 2. The van der Waals surface area contributed by atoms with E-state index in [0.717, 1.165) is 11.3 Å². The molecule has 1 atom stereocenters. The Morgan fingerprint density at radius 1 is 1.19 bits per heavy atom. The van der Waals surface area contributed by atoms with Crippen LogP contribution in [0.4, 0.5) is 5.69 Å². The Morgan fingerprint density at radius 2 is 1.92 bits per heavy atom. The fourth-order valence-electron chi connectivity index (χ4n) is 4.50. The quantitative estimate of drug-likeness (QED) is 0.502. The lowest BCUT2D eigenvalue weighted by Crippen LogP contribution is -2.40. The fourth-order valence-corrected chi connectivity index (χ4v) is 5.82. The summed E-state index contributed by atoms with van der Waals surface area (Å²) in [6.45, 7) is 7.64. The van der Waals surface area contributed by atoms with E-state index in [1.54, 1.807) is 51.1 Å². The third-order valence-electron chi connectivity index (χ3n) is 6.02. The highest BCUT2D eigenvalue weighted by atomic mass is 35.5. The zero-order valence-electron chi connectivity index (χ0n) is 20.6. The van der Waals surface area contributed by atoms with Gasteiger partial charge < -0.3 is 14.8 Å². The maximum Gasteiger partial charge on any atom is 0.338 e. The van der Waals surface area contributed by atoms with Gasteiger partial charge in [0.05, 0.1) is 35.6 Å². The molecule has 0 unspecified atom stereocenters. The number of ether oxygens (including phenoxy) is 2. The number of fused-ring (bicyclic) bond motifs is 2. The van der Waals surface area contributed by atoms with Crippen molar-refractivity contribution < 1.29 is 19.1 Å². The van der Waals surface area contributed by atoms with Crippen molar-refractivity contribution in [3.05, 3.63) is 89.6 Å². The summed E-state index contributed by atoms with van der Waals surface area (Å²) in [7, 11) is 0. The van der Waals surface area contributed by atoms with E-state index < -0.39 is 23.5 Å². The number of esters is 1. The minimum absolute atomic E-state index is 0.222. The summed E-state index contributed by atoms with van der Waals surface area (Å²) in [6, 6.07) is 11.4. The molecule has 2 aliphatic heterocycles. The molecule has 2 aromatic carbocycles. The Hall–Kier alpha value is -3.69. The zero-order valence-corrected chi connectivity index (χ0v) is 22.2. The highest BCUT2D eigenvalue weighted by molar-refractivity contribution is 7.07. The standard InChI is InChI=1S/C27H24ClN3O5S/c1-5-35-17-9-6-15(7-10-17)22-20(26(34)36-13(2)3)14(4)29-27-31(22)25(33)23(37-27)21-18-12-16(28)8-11-19(18)30-24(21)32/h6-13,22H,5H2,1-4H3,(H,30,32)/b23-21+/t22-/m0/s1. The Bertz CT molecular complexity index is 1650. The van der Waals surface area contributed by atoms with Crippen molar-refractivity contribution in [3.8, 4) is 5.75 Å². The van der Waals surface area contributed by atoms with E-state index in [9.17, 15) is 14.4 Å². The summed E-state index contributed by atoms with van der Waals surface area (Å²) in [5.74, 6) is -0.275. The first-order chi connectivity index (χ1) is 17.7. The van der Waals surface area contributed by atoms with Crippen LogP contribution in [-0.4, -0.2) is 29.2 Å². The molecule has 5 rings (SSSR count). The molecule has 1 amide bonds. The summed E-state index contributed by atoms with van der Waals surface area (Å²) in [5.41, 5.74) is 2.33. The lowest BCUT2D eigenvalue weighted by atomic mass is 9.95. The number of amides is 1. The van der Waals surface area contributed by atoms with Crippen molar-refractivity contribution in [1.29, 1.82) is 0 Å². The number of halogens is 1. The summed E-state index contributed by atoms with van der Waals surface area (Å²) >= 11 is 7.30. The maximum atomic E-state index is 14.0. The molecule has 0 aliphatic carbocycles. The number of hydrogen-bond donors (Lipinski definition) is 1. The molecule has 0 radical (unpaired) electrons. The van der Waals surface area contributed by atoms with Gasteiger partial charge >= 0.3 is 5.97 Å². The van der Waals surface area contributed by atoms with Gasteiger partial charge in [-0.1, -0.05) is 35.1 Å². The molecule has 8 nitrogen and oxygen atoms in total. The van der Waals surface area contributed by atoms with Crippen molar-refractivity contribution in [2.24, 2.45) is 4.99 Å². The molecular weight excluding hydrogens is 514 g/mol. The number of anilines is 1. The van der Waals surface area contributed by atoms with E-state index in [-0.39, 0.29) is 21.8 Å². The average molecular weight is 538 g/mol. The number of rotatable bonds is 5. The van der Waals surface area contributed by atoms with Crippen LogP contribution >= 0.6 is 22.9 Å². The third-order valence-corrected chi connectivity index (χ3v) is 7.31. The van der Waals surface area contributed by atoms with Gasteiger partial charge in [-0.05, 0) is 63.6 Å². The van der Waals surface area contributed by atoms with Crippen molar-refractivity contribution in [2.45, 2.75) is 39.8 Å². The molecule has 2 aliphatic rings. The van der Waals surface area contributed by atoms with Gasteiger partial charge in [-0.3, -0.25) is 14.2 Å². The molecule has 37 heavy (non-hydrogen) atoms. The molecule has 190 valence electrons. The van der Waals surface area contributed by atoms with E-state index in [1.165, 1.54) is 4.57 Å². The van der Waals surface area contributed by atoms with Gasteiger partial charge in [0.25, 0.3) is 11.5 Å². The molecule has 3 aromatic rings. The molecule has 10 heteroatoms. The van der Waals surface area contributed by atoms with Crippen molar-refractivity contribution in [3.63, 3.8) is 0 Å². The molecule has 0 bridgehead atoms. The topological polar surface area (TPSA) is 99.0 Å². The molecule has 1 N–H and O–H groups in total. The largest absolute Gasteiger partial charge is 0.494 e. The second-order valence-electron chi connectivity index (χ2n) is 8.88. The second-order valence-corrected chi connectivity index (χ2v) is 10.3. The Morgan fingerprint density at radius 3 is 2.59 bits per heavy atom. The normalized spacial score (nSPS) is 17.8. The van der Waals surface area contributed by atoms with Gasteiger partial charge in [0.1, 0.15) is 10.3 Å². The maximum absolute atomic E-state index is 14.0. The van der Waals surface area contributed by atoms with E-state index >= 15 is 0 Å². The van der Waals surface area contributed by atoms with Gasteiger partial charge in [0.2, 0.25) is 0 Å². The summed E-state index contributed by atoms with van der Waals surface area (Å²) in [6.07, 6.45) is -0.357. The molecule has 3 heterocycles. The van der Waals surface area contributed by atoms with Crippen LogP contribution in [-0.2, 0) is 14.3 Å². The summed E-state index contributed by atoms with van der Waals surface area (Å²) < 4.78 is 12.8. The third kappa shape index (κ3) is 4.38. The van der Waals surface area contributed by atoms with Gasteiger partial charge in [0, 0.05) is 16.3 Å². The Balaban J connectivity index is 1.77. The van der Waals surface area contributed by atoms with E-state index in [1.807, 2.05) is 19.1 Å². The smallest absolute Gasteiger partial charge is 0.338 e. The van der Waals surface area contributed by atoms with E-state index in [4.69, 9.17) is 21.1 Å². The van der Waals surface area contributed by atoms with Gasteiger partial charge in [0.15, 0.2) is 4.80 Å². The number of carbonyl (C=O) groups excluding carboxylic acids is 2. The first-order valence-corrected chi connectivity index (χ1v) is 13.0. The first kappa shape index (κ1) is 25.0. The monoisotopic (exact) mass is 537 g/mol. The lowest BCUT2D eigenvalue weighted by molar-refractivity contribution is -0.143. The van der Waals surface area contributed by atoms with Crippen LogP contribution in [0.5, 0.6) is 5.75 Å². The predicted molar refractivity (Wildman–Crippen MR) is 142 cm³/mol. The predicted octanol–water partition coefficient (Wildman–Crippen LogP) is 3.56.